The lowest BCUT2D eigenvalue weighted by Crippen LogP contribution is -2.25. The summed E-state index contributed by atoms with van der Waals surface area (Å²) in [5.74, 6) is 0.978. The van der Waals surface area contributed by atoms with Gasteiger partial charge in [0, 0.05) is 30.9 Å². The molecule has 0 radical (unpaired) electrons. The summed E-state index contributed by atoms with van der Waals surface area (Å²) in [4.78, 5) is 11.5. The summed E-state index contributed by atoms with van der Waals surface area (Å²) in [5.41, 5.74) is 0.834. The van der Waals surface area contributed by atoms with Crippen LogP contribution in [0, 0.1) is 0 Å². The topological polar surface area (TPSA) is 59.3 Å². The molecule has 0 unspecified atom stereocenters. The van der Waals surface area contributed by atoms with Crippen molar-refractivity contribution in [2.24, 2.45) is 0 Å². The highest BCUT2D eigenvalue weighted by Gasteiger charge is 2.05. The molecule has 0 aliphatic carbocycles. The number of alkyl halides is 1. The van der Waals surface area contributed by atoms with Crippen LogP contribution in [0.15, 0.2) is 24.4 Å². The number of unbranched alkanes of at least 4 members (excludes halogenated alkanes) is 1. The van der Waals surface area contributed by atoms with Crippen LogP contribution in [0.4, 0.5) is 0 Å². The van der Waals surface area contributed by atoms with Crippen LogP contribution in [-0.2, 0) is 11.2 Å². The Morgan fingerprint density at radius 2 is 2.21 bits per heavy atom. The van der Waals surface area contributed by atoms with Gasteiger partial charge >= 0.3 is 0 Å². The van der Waals surface area contributed by atoms with Gasteiger partial charge < -0.3 is 5.32 Å². The number of hydrogen-bond acceptors (Lipinski definition) is 3. The maximum absolute atomic E-state index is 11.5. The van der Waals surface area contributed by atoms with Crippen LogP contribution in [0.5, 0.6) is 0 Å². The van der Waals surface area contributed by atoms with Gasteiger partial charge in [0.15, 0.2) is 5.65 Å². The van der Waals surface area contributed by atoms with E-state index in [0.717, 1.165) is 29.6 Å². The third kappa shape index (κ3) is 4.02. The number of hydrogen-bond donors (Lipinski definition) is 1. The van der Waals surface area contributed by atoms with Gasteiger partial charge in [0.25, 0.3) is 0 Å². The fourth-order valence-corrected chi connectivity index (χ4v) is 2.24. The Bertz CT molecular complexity index is 540. The minimum atomic E-state index is 0.106. The number of fused-ring (bicyclic) bond motifs is 1. The quantitative estimate of drug-likeness (QED) is 0.625. The SMILES string of the molecule is O=C(CCCCBr)NCCc1nnc2ccccn12. The van der Waals surface area contributed by atoms with Gasteiger partial charge in [-0.05, 0) is 25.0 Å². The lowest BCUT2D eigenvalue weighted by Gasteiger charge is -2.04. The Morgan fingerprint density at radius 3 is 3.05 bits per heavy atom. The largest absolute Gasteiger partial charge is 0.356 e. The summed E-state index contributed by atoms with van der Waals surface area (Å²) >= 11 is 3.35. The average molecular weight is 325 g/mol. The van der Waals surface area contributed by atoms with Crippen molar-refractivity contribution in [2.75, 3.05) is 11.9 Å². The molecule has 0 aromatic carbocycles. The Balaban J connectivity index is 1.78. The Morgan fingerprint density at radius 1 is 1.32 bits per heavy atom. The predicted molar refractivity (Wildman–Crippen MR) is 77.3 cm³/mol. The van der Waals surface area contributed by atoms with Gasteiger partial charge in [0.1, 0.15) is 5.82 Å². The molecule has 1 N–H and O–H groups in total. The molecule has 0 bridgehead atoms. The van der Waals surface area contributed by atoms with Crippen molar-refractivity contribution in [3.63, 3.8) is 0 Å². The van der Waals surface area contributed by atoms with Crippen molar-refractivity contribution < 1.29 is 4.79 Å². The third-order valence-electron chi connectivity index (χ3n) is 2.84. The molecule has 2 aromatic rings. The second-order valence-electron chi connectivity index (χ2n) is 4.29. The van der Waals surface area contributed by atoms with E-state index < -0.39 is 0 Å². The third-order valence-corrected chi connectivity index (χ3v) is 3.40. The van der Waals surface area contributed by atoms with Crippen LogP contribution in [0.25, 0.3) is 5.65 Å². The predicted octanol–water partition coefficient (Wildman–Crippen LogP) is 1.95. The highest BCUT2D eigenvalue weighted by Crippen LogP contribution is 2.03. The summed E-state index contributed by atoms with van der Waals surface area (Å²) in [6.45, 7) is 0.600. The molecular weight excluding hydrogens is 308 g/mol. The first-order chi connectivity index (χ1) is 9.31. The number of halogens is 1. The van der Waals surface area contributed by atoms with Crippen molar-refractivity contribution in [1.29, 1.82) is 0 Å². The van der Waals surface area contributed by atoms with Crippen LogP contribution in [0.1, 0.15) is 25.1 Å². The zero-order valence-electron chi connectivity index (χ0n) is 10.7. The zero-order valence-corrected chi connectivity index (χ0v) is 12.3. The highest BCUT2D eigenvalue weighted by atomic mass is 79.9. The summed E-state index contributed by atoms with van der Waals surface area (Å²) in [7, 11) is 0. The molecule has 102 valence electrons. The molecule has 0 saturated heterocycles. The number of aromatic nitrogens is 3. The number of nitrogens with zero attached hydrogens (tertiary/aromatic N) is 3. The zero-order chi connectivity index (χ0) is 13.5. The van der Waals surface area contributed by atoms with E-state index in [1.165, 1.54) is 0 Å². The molecule has 0 atom stereocenters. The van der Waals surface area contributed by atoms with E-state index in [9.17, 15) is 4.79 Å². The van der Waals surface area contributed by atoms with Crippen molar-refractivity contribution in [3.05, 3.63) is 30.2 Å². The molecule has 2 aromatic heterocycles. The van der Waals surface area contributed by atoms with E-state index >= 15 is 0 Å². The Labute approximate surface area is 120 Å². The van der Waals surface area contributed by atoms with Gasteiger partial charge in [-0.25, -0.2) is 0 Å². The molecule has 19 heavy (non-hydrogen) atoms. The standard InChI is InChI=1S/C13H17BrN4O/c14-8-3-1-6-13(19)15-9-7-12-17-16-11-5-2-4-10-18(11)12/h2,4-5,10H,1,3,6-9H2,(H,15,19). The highest BCUT2D eigenvalue weighted by molar-refractivity contribution is 9.09. The lowest BCUT2D eigenvalue weighted by molar-refractivity contribution is -0.121. The molecule has 1 amide bonds. The molecular formula is C13H17BrN4O. The van der Waals surface area contributed by atoms with Gasteiger partial charge in [-0.1, -0.05) is 22.0 Å². The van der Waals surface area contributed by atoms with Gasteiger partial charge in [-0.15, -0.1) is 10.2 Å². The summed E-state index contributed by atoms with van der Waals surface area (Å²) in [6, 6.07) is 5.79. The number of nitrogens with one attached hydrogen (secondary N) is 1. The van der Waals surface area contributed by atoms with E-state index in [1.54, 1.807) is 0 Å². The molecule has 0 fully saturated rings. The fourth-order valence-electron chi connectivity index (χ4n) is 1.84. The molecule has 0 saturated carbocycles. The van der Waals surface area contributed by atoms with Gasteiger partial charge in [-0.3, -0.25) is 9.20 Å². The number of pyridine rings is 1. The first-order valence-corrected chi connectivity index (χ1v) is 7.54. The van der Waals surface area contributed by atoms with Crippen LogP contribution in [0.3, 0.4) is 0 Å². The minimum Gasteiger partial charge on any atom is -0.356 e. The number of amides is 1. The second-order valence-corrected chi connectivity index (χ2v) is 5.08. The normalized spacial score (nSPS) is 10.8. The first kappa shape index (κ1) is 14.0. The van der Waals surface area contributed by atoms with Crippen LogP contribution in [-0.4, -0.2) is 32.4 Å². The maximum atomic E-state index is 11.5. The summed E-state index contributed by atoms with van der Waals surface area (Å²) in [5, 5.41) is 12.1. The Kier molecular flexibility index (Phi) is 5.32. The summed E-state index contributed by atoms with van der Waals surface area (Å²) in [6.07, 6.45) is 5.16. The average Bonchev–Trinajstić information content (AvgIpc) is 2.83. The number of carbonyl (C=O) groups excluding carboxylic acids is 1. The lowest BCUT2D eigenvalue weighted by atomic mass is 10.2. The smallest absolute Gasteiger partial charge is 0.220 e. The first-order valence-electron chi connectivity index (χ1n) is 6.42. The Hall–Kier alpha value is -1.43. The number of carbonyl (C=O) groups is 1. The van der Waals surface area contributed by atoms with Crippen molar-refractivity contribution in [2.45, 2.75) is 25.7 Å². The molecule has 0 aliphatic rings. The van der Waals surface area contributed by atoms with Crippen molar-refractivity contribution in [1.82, 2.24) is 19.9 Å². The van der Waals surface area contributed by atoms with E-state index in [-0.39, 0.29) is 5.91 Å². The van der Waals surface area contributed by atoms with E-state index in [1.807, 2.05) is 28.8 Å². The van der Waals surface area contributed by atoms with Crippen LogP contribution < -0.4 is 5.32 Å². The monoisotopic (exact) mass is 324 g/mol. The molecule has 2 heterocycles. The molecule has 0 aliphatic heterocycles. The van der Waals surface area contributed by atoms with Crippen LogP contribution >= 0.6 is 15.9 Å². The second kappa shape index (κ2) is 7.23. The minimum absolute atomic E-state index is 0.106. The van der Waals surface area contributed by atoms with Crippen LogP contribution in [0.2, 0.25) is 0 Å². The van der Waals surface area contributed by atoms with Gasteiger partial charge in [0.2, 0.25) is 5.91 Å². The van der Waals surface area contributed by atoms with E-state index in [2.05, 4.69) is 31.4 Å². The van der Waals surface area contributed by atoms with Gasteiger partial charge in [-0.2, -0.15) is 0 Å². The molecule has 0 spiro atoms. The molecule has 5 nitrogen and oxygen atoms in total. The summed E-state index contributed by atoms with van der Waals surface area (Å²) < 4.78 is 1.94. The van der Waals surface area contributed by atoms with E-state index in [4.69, 9.17) is 0 Å². The van der Waals surface area contributed by atoms with Crippen molar-refractivity contribution in [3.8, 4) is 0 Å². The van der Waals surface area contributed by atoms with E-state index in [0.29, 0.717) is 19.4 Å². The molecule has 6 heteroatoms. The molecule has 2 rings (SSSR count). The number of rotatable bonds is 7. The maximum Gasteiger partial charge on any atom is 0.220 e. The fraction of sp³-hybridized carbons (Fsp3) is 0.462. The van der Waals surface area contributed by atoms with Crippen molar-refractivity contribution >= 4 is 27.5 Å². The van der Waals surface area contributed by atoms with Gasteiger partial charge in [0.05, 0.1) is 0 Å².